The molecule has 0 spiro atoms. The van der Waals surface area contributed by atoms with E-state index in [0.717, 1.165) is 11.3 Å². The third-order valence-corrected chi connectivity index (χ3v) is 5.65. The summed E-state index contributed by atoms with van der Waals surface area (Å²) in [6, 6.07) is 12.6. The molecule has 0 bridgehead atoms. The Morgan fingerprint density at radius 2 is 1.77 bits per heavy atom. The lowest BCUT2D eigenvalue weighted by atomic mass is 10.0. The first kappa shape index (κ1) is 24.7. The quantitative estimate of drug-likeness (QED) is 0.608. The summed E-state index contributed by atoms with van der Waals surface area (Å²) in [5.74, 6) is -0.0670. The van der Waals surface area contributed by atoms with Gasteiger partial charge in [0.15, 0.2) is 0 Å². The molecule has 0 aliphatic heterocycles. The van der Waals surface area contributed by atoms with Crippen molar-refractivity contribution in [3.05, 3.63) is 58.6 Å². The number of amides is 2. The predicted molar refractivity (Wildman–Crippen MR) is 127 cm³/mol. The fourth-order valence-corrected chi connectivity index (χ4v) is 3.50. The van der Waals surface area contributed by atoms with Crippen molar-refractivity contribution in [2.75, 3.05) is 38.0 Å². The molecule has 6 nitrogen and oxygen atoms in total. The largest absolute Gasteiger partial charge is 0.377 e. The second-order valence-corrected chi connectivity index (χ2v) is 8.52. The first-order valence-corrected chi connectivity index (χ1v) is 10.7. The normalized spacial score (nSPS) is 11.9. The van der Waals surface area contributed by atoms with Crippen molar-refractivity contribution < 1.29 is 14.3 Å². The molecule has 0 heterocycles. The maximum atomic E-state index is 12.8. The minimum absolute atomic E-state index is 0.0251. The van der Waals surface area contributed by atoms with Gasteiger partial charge in [0.25, 0.3) is 5.91 Å². The zero-order valence-electron chi connectivity index (χ0n) is 19.1. The van der Waals surface area contributed by atoms with E-state index in [1.807, 2.05) is 49.0 Å². The third kappa shape index (κ3) is 6.45. The fourth-order valence-electron chi connectivity index (χ4n) is 3.28. The van der Waals surface area contributed by atoms with Gasteiger partial charge in [0.1, 0.15) is 6.61 Å². The summed E-state index contributed by atoms with van der Waals surface area (Å²) in [5, 5.41) is 3.31. The number of halogens is 1. The van der Waals surface area contributed by atoms with Crippen LogP contribution in [-0.4, -0.2) is 50.6 Å². The van der Waals surface area contributed by atoms with Gasteiger partial charge in [0.05, 0.1) is 10.6 Å². The zero-order valence-corrected chi connectivity index (χ0v) is 19.9. The van der Waals surface area contributed by atoms with Crippen molar-refractivity contribution in [3.63, 3.8) is 0 Å². The lowest BCUT2D eigenvalue weighted by molar-refractivity contribution is -0.138. The molecule has 1 unspecified atom stereocenters. The molecular formula is C24H32ClN3O3. The number of hydrogen-bond acceptors (Lipinski definition) is 4. The highest BCUT2D eigenvalue weighted by Crippen LogP contribution is 2.27. The predicted octanol–water partition coefficient (Wildman–Crippen LogP) is 4.68. The summed E-state index contributed by atoms with van der Waals surface area (Å²) < 4.78 is 5.10. The molecule has 1 atom stereocenters. The number of carbonyl (C=O) groups excluding carboxylic acids is 2. The van der Waals surface area contributed by atoms with Crippen LogP contribution in [-0.2, 0) is 16.1 Å². The Balaban J connectivity index is 2.37. The van der Waals surface area contributed by atoms with Crippen LogP contribution in [0.25, 0.3) is 0 Å². The molecule has 2 rings (SSSR count). The molecule has 0 saturated heterocycles. The molecule has 0 aromatic heterocycles. The van der Waals surface area contributed by atoms with Gasteiger partial charge in [-0.25, -0.2) is 0 Å². The standard InChI is InChI=1S/C24H32ClN3O3/c1-16(2)17(3)28(23(29)15-31-6)14-18-13-19(11-12-22(18)27(4)5)26-24(30)20-9-7-8-10-21(20)25/h7-13,16-17H,14-15H2,1-6H3,(H,26,30). The van der Waals surface area contributed by atoms with Gasteiger partial charge in [-0.1, -0.05) is 37.6 Å². The number of hydrogen-bond donors (Lipinski definition) is 1. The van der Waals surface area contributed by atoms with E-state index in [-0.39, 0.29) is 30.4 Å². The number of rotatable bonds is 9. The van der Waals surface area contributed by atoms with Gasteiger partial charge < -0.3 is 19.9 Å². The highest BCUT2D eigenvalue weighted by Gasteiger charge is 2.24. The molecule has 2 aromatic carbocycles. The lowest BCUT2D eigenvalue weighted by Crippen LogP contribution is -2.43. The van der Waals surface area contributed by atoms with Gasteiger partial charge in [-0.2, -0.15) is 0 Å². The molecule has 2 aromatic rings. The van der Waals surface area contributed by atoms with Gasteiger partial charge in [-0.15, -0.1) is 0 Å². The van der Waals surface area contributed by atoms with E-state index in [4.69, 9.17) is 16.3 Å². The van der Waals surface area contributed by atoms with Crippen LogP contribution in [0, 0.1) is 5.92 Å². The van der Waals surface area contributed by atoms with E-state index in [2.05, 4.69) is 19.2 Å². The van der Waals surface area contributed by atoms with Gasteiger partial charge >= 0.3 is 0 Å². The molecule has 168 valence electrons. The van der Waals surface area contributed by atoms with Crippen LogP contribution in [0.1, 0.15) is 36.7 Å². The van der Waals surface area contributed by atoms with Crippen molar-refractivity contribution >= 4 is 34.8 Å². The molecule has 31 heavy (non-hydrogen) atoms. The summed E-state index contributed by atoms with van der Waals surface area (Å²) in [4.78, 5) is 29.3. The Labute approximate surface area is 190 Å². The van der Waals surface area contributed by atoms with Crippen LogP contribution in [0.15, 0.2) is 42.5 Å². The van der Waals surface area contributed by atoms with Crippen molar-refractivity contribution in [2.24, 2.45) is 5.92 Å². The van der Waals surface area contributed by atoms with Crippen LogP contribution in [0.5, 0.6) is 0 Å². The summed E-state index contributed by atoms with van der Waals surface area (Å²) in [6.07, 6.45) is 0. The second-order valence-electron chi connectivity index (χ2n) is 8.11. The Hall–Kier alpha value is -2.57. The summed E-state index contributed by atoms with van der Waals surface area (Å²) in [7, 11) is 5.42. The first-order chi connectivity index (χ1) is 14.6. The Morgan fingerprint density at radius 1 is 1.10 bits per heavy atom. The molecular weight excluding hydrogens is 414 g/mol. The van der Waals surface area contributed by atoms with Crippen LogP contribution < -0.4 is 10.2 Å². The molecule has 0 aliphatic carbocycles. The number of anilines is 2. The molecule has 7 heteroatoms. The van der Waals surface area contributed by atoms with E-state index in [1.165, 1.54) is 7.11 Å². The summed E-state index contributed by atoms with van der Waals surface area (Å²) in [6.45, 7) is 6.65. The number of methoxy groups -OCH3 is 1. The number of carbonyl (C=O) groups is 2. The molecule has 0 saturated carbocycles. The zero-order chi connectivity index (χ0) is 23.1. The van der Waals surface area contributed by atoms with E-state index < -0.39 is 0 Å². The minimum Gasteiger partial charge on any atom is -0.377 e. The average Bonchev–Trinajstić information content (AvgIpc) is 2.71. The molecule has 0 aliphatic rings. The highest BCUT2D eigenvalue weighted by atomic mass is 35.5. The van der Waals surface area contributed by atoms with Crippen molar-refractivity contribution in [1.82, 2.24) is 4.90 Å². The molecule has 1 N–H and O–H groups in total. The SMILES string of the molecule is COCC(=O)N(Cc1cc(NC(=O)c2ccccc2Cl)ccc1N(C)C)C(C)C(C)C. The van der Waals surface area contributed by atoms with E-state index in [0.29, 0.717) is 22.8 Å². The molecule has 0 fully saturated rings. The van der Waals surface area contributed by atoms with Gasteiger partial charge in [0.2, 0.25) is 5.91 Å². The smallest absolute Gasteiger partial charge is 0.257 e. The molecule has 2 amide bonds. The number of ether oxygens (including phenoxy) is 1. The van der Waals surface area contributed by atoms with Gasteiger partial charge in [0, 0.05) is 45.2 Å². The first-order valence-electron chi connectivity index (χ1n) is 10.3. The Kier molecular flexibility index (Phi) is 8.89. The van der Waals surface area contributed by atoms with Crippen molar-refractivity contribution in [2.45, 2.75) is 33.4 Å². The van der Waals surface area contributed by atoms with Crippen molar-refractivity contribution in [3.8, 4) is 0 Å². The Morgan fingerprint density at radius 3 is 2.35 bits per heavy atom. The van der Waals surface area contributed by atoms with Crippen molar-refractivity contribution in [1.29, 1.82) is 0 Å². The summed E-state index contributed by atoms with van der Waals surface area (Å²) >= 11 is 6.16. The van der Waals surface area contributed by atoms with Crippen LogP contribution >= 0.6 is 11.6 Å². The number of nitrogens with zero attached hydrogens (tertiary/aromatic N) is 2. The van der Waals surface area contributed by atoms with Gasteiger partial charge in [-0.05, 0) is 48.7 Å². The van der Waals surface area contributed by atoms with Crippen LogP contribution in [0.2, 0.25) is 5.02 Å². The minimum atomic E-state index is -0.281. The maximum Gasteiger partial charge on any atom is 0.257 e. The fraction of sp³-hybridized carbons (Fsp3) is 0.417. The second kappa shape index (κ2) is 11.2. The highest BCUT2D eigenvalue weighted by molar-refractivity contribution is 6.34. The van der Waals surface area contributed by atoms with E-state index in [1.54, 1.807) is 24.3 Å². The van der Waals surface area contributed by atoms with Crippen LogP contribution in [0.3, 0.4) is 0 Å². The maximum absolute atomic E-state index is 12.8. The van der Waals surface area contributed by atoms with E-state index in [9.17, 15) is 9.59 Å². The summed E-state index contributed by atoms with van der Waals surface area (Å²) in [5.41, 5.74) is 2.95. The lowest BCUT2D eigenvalue weighted by Gasteiger charge is -2.33. The van der Waals surface area contributed by atoms with Crippen LogP contribution in [0.4, 0.5) is 11.4 Å². The Bertz CT molecular complexity index is 915. The average molecular weight is 446 g/mol. The van der Waals surface area contributed by atoms with Gasteiger partial charge in [-0.3, -0.25) is 9.59 Å². The number of benzene rings is 2. The third-order valence-electron chi connectivity index (χ3n) is 5.32. The monoisotopic (exact) mass is 445 g/mol. The topological polar surface area (TPSA) is 61.9 Å². The number of nitrogens with one attached hydrogen (secondary N) is 1. The molecule has 0 radical (unpaired) electrons. The van der Waals surface area contributed by atoms with E-state index >= 15 is 0 Å².